The van der Waals surface area contributed by atoms with Gasteiger partial charge in [-0.05, 0) is 12.8 Å². The predicted molar refractivity (Wildman–Crippen MR) is 54.5 cm³/mol. The van der Waals surface area contributed by atoms with Crippen molar-refractivity contribution in [2.45, 2.75) is 39.0 Å². The quantitative estimate of drug-likeness (QED) is 0.481. The second-order valence-electron chi connectivity index (χ2n) is 3.56. The van der Waals surface area contributed by atoms with Crippen LogP contribution in [-0.4, -0.2) is 23.9 Å². The molecule has 1 aliphatic heterocycles. The first-order chi connectivity index (χ1) is 6.34. The third-order valence-corrected chi connectivity index (χ3v) is 2.41. The summed E-state index contributed by atoms with van der Waals surface area (Å²) in [5.74, 6) is 0.331. The lowest BCUT2D eigenvalue weighted by Crippen LogP contribution is -2.33. The van der Waals surface area contributed by atoms with Gasteiger partial charge >= 0.3 is 0 Å². The SMILES string of the molecule is CCCCCC(=O)N1CC=CCC1. The van der Waals surface area contributed by atoms with Crippen LogP contribution in [0.1, 0.15) is 39.0 Å². The Labute approximate surface area is 80.6 Å². The molecule has 0 fully saturated rings. The Hall–Kier alpha value is -0.790. The van der Waals surface area contributed by atoms with E-state index in [4.69, 9.17) is 0 Å². The summed E-state index contributed by atoms with van der Waals surface area (Å²) in [6.07, 6.45) is 9.41. The summed E-state index contributed by atoms with van der Waals surface area (Å²) in [5, 5.41) is 0. The molecule has 0 bridgehead atoms. The molecule has 0 saturated carbocycles. The molecule has 1 amide bonds. The van der Waals surface area contributed by atoms with Crippen LogP contribution >= 0.6 is 0 Å². The standard InChI is InChI=1S/C11H19NO/c1-2-3-5-8-11(13)12-9-6-4-7-10-12/h4,6H,2-3,5,7-10H2,1H3. The minimum Gasteiger partial charge on any atom is -0.339 e. The van der Waals surface area contributed by atoms with E-state index in [2.05, 4.69) is 19.1 Å². The maximum Gasteiger partial charge on any atom is 0.222 e. The van der Waals surface area contributed by atoms with Crippen LogP contribution in [0.2, 0.25) is 0 Å². The Balaban J connectivity index is 2.18. The summed E-state index contributed by atoms with van der Waals surface area (Å²) in [7, 11) is 0. The molecule has 2 heteroatoms. The normalized spacial score (nSPS) is 16.2. The molecule has 2 nitrogen and oxygen atoms in total. The summed E-state index contributed by atoms with van der Waals surface area (Å²) in [6.45, 7) is 3.90. The molecule has 0 aromatic heterocycles. The van der Waals surface area contributed by atoms with Crippen LogP contribution in [0, 0.1) is 0 Å². The average Bonchev–Trinajstić information content (AvgIpc) is 2.19. The van der Waals surface area contributed by atoms with E-state index in [0.717, 1.165) is 32.4 Å². The number of hydrogen-bond donors (Lipinski definition) is 0. The maximum atomic E-state index is 11.6. The first kappa shape index (κ1) is 10.3. The van der Waals surface area contributed by atoms with Gasteiger partial charge in [0.2, 0.25) is 5.91 Å². The van der Waals surface area contributed by atoms with E-state index in [1.807, 2.05) is 4.90 Å². The highest BCUT2D eigenvalue weighted by Crippen LogP contribution is 2.06. The fourth-order valence-corrected chi connectivity index (χ4v) is 1.55. The Kier molecular flexibility index (Phi) is 4.58. The van der Waals surface area contributed by atoms with Crippen LogP contribution < -0.4 is 0 Å². The van der Waals surface area contributed by atoms with E-state index in [1.54, 1.807) is 0 Å². The molecule has 74 valence electrons. The van der Waals surface area contributed by atoms with Gasteiger partial charge in [0.15, 0.2) is 0 Å². The van der Waals surface area contributed by atoms with Crippen LogP contribution in [0.15, 0.2) is 12.2 Å². The van der Waals surface area contributed by atoms with Gasteiger partial charge in [-0.15, -0.1) is 0 Å². The fourth-order valence-electron chi connectivity index (χ4n) is 1.55. The summed E-state index contributed by atoms with van der Waals surface area (Å²) in [4.78, 5) is 13.5. The second kappa shape index (κ2) is 5.79. The van der Waals surface area contributed by atoms with Crippen molar-refractivity contribution in [1.82, 2.24) is 4.90 Å². The van der Waals surface area contributed by atoms with Gasteiger partial charge < -0.3 is 4.90 Å². The summed E-state index contributed by atoms with van der Waals surface area (Å²) in [6, 6.07) is 0. The van der Waals surface area contributed by atoms with Crippen molar-refractivity contribution in [2.75, 3.05) is 13.1 Å². The molecule has 1 heterocycles. The number of carbonyl (C=O) groups is 1. The summed E-state index contributed by atoms with van der Waals surface area (Å²) >= 11 is 0. The van der Waals surface area contributed by atoms with E-state index in [0.29, 0.717) is 5.91 Å². The zero-order chi connectivity index (χ0) is 9.52. The molecule has 0 radical (unpaired) electrons. The van der Waals surface area contributed by atoms with Gasteiger partial charge in [-0.25, -0.2) is 0 Å². The van der Waals surface area contributed by atoms with E-state index in [-0.39, 0.29) is 0 Å². The van der Waals surface area contributed by atoms with Crippen LogP contribution in [0.3, 0.4) is 0 Å². The van der Waals surface area contributed by atoms with Crippen molar-refractivity contribution >= 4 is 5.91 Å². The molecule has 0 spiro atoms. The topological polar surface area (TPSA) is 20.3 Å². The zero-order valence-electron chi connectivity index (χ0n) is 8.46. The van der Waals surface area contributed by atoms with E-state index >= 15 is 0 Å². The lowest BCUT2D eigenvalue weighted by molar-refractivity contribution is -0.130. The van der Waals surface area contributed by atoms with Gasteiger partial charge in [-0.1, -0.05) is 31.9 Å². The second-order valence-corrected chi connectivity index (χ2v) is 3.56. The van der Waals surface area contributed by atoms with Crippen LogP contribution in [0.25, 0.3) is 0 Å². The van der Waals surface area contributed by atoms with Gasteiger partial charge in [-0.2, -0.15) is 0 Å². The first-order valence-corrected chi connectivity index (χ1v) is 5.27. The van der Waals surface area contributed by atoms with Gasteiger partial charge in [0, 0.05) is 19.5 Å². The highest BCUT2D eigenvalue weighted by Gasteiger charge is 2.12. The molecule has 0 aromatic carbocycles. The lowest BCUT2D eigenvalue weighted by Gasteiger charge is -2.23. The number of carbonyl (C=O) groups excluding carboxylic acids is 1. The van der Waals surface area contributed by atoms with E-state index < -0.39 is 0 Å². The summed E-state index contributed by atoms with van der Waals surface area (Å²) < 4.78 is 0. The van der Waals surface area contributed by atoms with Crippen LogP contribution in [0.4, 0.5) is 0 Å². The molecule has 1 aliphatic rings. The monoisotopic (exact) mass is 181 g/mol. The van der Waals surface area contributed by atoms with Crippen molar-refractivity contribution in [3.05, 3.63) is 12.2 Å². The minimum atomic E-state index is 0.331. The molecule has 0 aliphatic carbocycles. The van der Waals surface area contributed by atoms with Crippen molar-refractivity contribution in [1.29, 1.82) is 0 Å². The van der Waals surface area contributed by atoms with Gasteiger partial charge in [-0.3, -0.25) is 4.79 Å². The van der Waals surface area contributed by atoms with Crippen molar-refractivity contribution in [2.24, 2.45) is 0 Å². The number of unbranched alkanes of at least 4 members (excludes halogenated alkanes) is 2. The zero-order valence-corrected chi connectivity index (χ0v) is 8.46. The fraction of sp³-hybridized carbons (Fsp3) is 0.727. The largest absolute Gasteiger partial charge is 0.339 e. The molecular formula is C11H19NO. The average molecular weight is 181 g/mol. The summed E-state index contributed by atoms with van der Waals surface area (Å²) in [5.41, 5.74) is 0. The minimum absolute atomic E-state index is 0.331. The van der Waals surface area contributed by atoms with Crippen LogP contribution in [0.5, 0.6) is 0 Å². The molecule has 1 rings (SSSR count). The van der Waals surface area contributed by atoms with Gasteiger partial charge in [0.05, 0.1) is 0 Å². The molecule has 13 heavy (non-hydrogen) atoms. The highest BCUT2D eigenvalue weighted by molar-refractivity contribution is 5.76. The van der Waals surface area contributed by atoms with Gasteiger partial charge in [0.1, 0.15) is 0 Å². The third kappa shape index (κ3) is 3.62. The number of hydrogen-bond acceptors (Lipinski definition) is 1. The molecule has 0 atom stereocenters. The number of nitrogens with zero attached hydrogens (tertiary/aromatic N) is 1. The number of amides is 1. The maximum absolute atomic E-state index is 11.6. The highest BCUT2D eigenvalue weighted by atomic mass is 16.2. The Bertz CT molecular complexity index is 187. The van der Waals surface area contributed by atoms with Crippen molar-refractivity contribution in [3.63, 3.8) is 0 Å². The Morgan fingerprint density at radius 3 is 2.85 bits per heavy atom. The molecule has 0 unspecified atom stereocenters. The molecule has 0 N–H and O–H groups in total. The van der Waals surface area contributed by atoms with E-state index in [1.165, 1.54) is 12.8 Å². The Morgan fingerprint density at radius 2 is 2.23 bits per heavy atom. The molecular weight excluding hydrogens is 162 g/mol. The van der Waals surface area contributed by atoms with Crippen LogP contribution in [-0.2, 0) is 4.79 Å². The first-order valence-electron chi connectivity index (χ1n) is 5.27. The van der Waals surface area contributed by atoms with Gasteiger partial charge in [0.25, 0.3) is 0 Å². The van der Waals surface area contributed by atoms with Crippen molar-refractivity contribution in [3.8, 4) is 0 Å². The van der Waals surface area contributed by atoms with E-state index in [9.17, 15) is 4.79 Å². The smallest absolute Gasteiger partial charge is 0.222 e. The Morgan fingerprint density at radius 1 is 1.38 bits per heavy atom. The third-order valence-electron chi connectivity index (χ3n) is 2.41. The number of rotatable bonds is 4. The molecule has 0 saturated heterocycles. The predicted octanol–water partition coefficient (Wildman–Crippen LogP) is 2.36. The molecule has 0 aromatic rings. The lowest BCUT2D eigenvalue weighted by atomic mass is 10.1. The van der Waals surface area contributed by atoms with Crippen molar-refractivity contribution < 1.29 is 4.79 Å².